The van der Waals surface area contributed by atoms with Crippen molar-refractivity contribution in [2.75, 3.05) is 5.73 Å². The van der Waals surface area contributed by atoms with Gasteiger partial charge in [-0.25, -0.2) is 4.98 Å². The maximum absolute atomic E-state index is 11.7. The SMILES string of the molecule is Nc1nc2c(ncn2COC2CCCC2CC(O)(O)O)c(=O)[nH]1. The molecule has 0 aromatic carbocycles. The van der Waals surface area contributed by atoms with Crippen LogP contribution in [0.15, 0.2) is 11.1 Å². The zero-order valence-corrected chi connectivity index (χ0v) is 12.3. The van der Waals surface area contributed by atoms with Gasteiger partial charge in [0.05, 0.1) is 12.4 Å². The highest BCUT2D eigenvalue weighted by molar-refractivity contribution is 5.70. The van der Waals surface area contributed by atoms with E-state index in [1.54, 1.807) is 4.57 Å². The monoisotopic (exact) mass is 325 g/mol. The van der Waals surface area contributed by atoms with Gasteiger partial charge in [0.15, 0.2) is 11.2 Å². The Kier molecular flexibility index (Phi) is 4.06. The molecule has 0 spiro atoms. The minimum absolute atomic E-state index is 0.00591. The number of nitrogens with one attached hydrogen (secondary N) is 1. The second-order valence-corrected chi connectivity index (χ2v) is 5.84. The second kappa shape index (κ2) is 5.89. The Morgan fingerprint density at radius 3 is 2.96 bits per heavy atom. The molecule has 2 aromatic heterocycles. The van der Waals surface area contributed by atoms with Crippen LogP contribution in [-0.4, -0.2) is 46.9 Å². The van der Waals surface area contributed by atoms with Crippen LogP contribution in [0.25, 0.3) is 11.2 Å². The quantitative estimate of drug-likeness (QED) is 0.431. The lowest BCUT2D eigenvalue weighted by atomic mass is 10.0. The van der Waals surface area contributed by atoms with E-state index < -0.39 is 11.5 Å². The molecular formula is C13H19N5O5. The van der Waals surface area contributed by atoms with Gasteiger partial charge in [-0.1, -0.05) is 6.42 Å². The van der Waals surface area contributed by atoms with E-state index in [1.807, 2.05) is 0 Å². The lowest BCUT2D eigenvalue weighted by molar-refractivity contribution is -0.322. The van der Waals surface area contributed by atoms with Gasteiger partial charge in [0.25, 0.3) is 11.5 Å². The van der Waals surface area contributed by atoms with E-state index in [-0.39, 0.29) is 36.6 Å². The van der Waals surface area contributed by atoms with Crippen molar-refractivity contribution in [1.29, 1.82) is 0 Å². The number of H-pyrrole nitrogens is 1. The standard InChI is InChI=1S/C13H19N5O5/c14-12-16-10-9(11(19)17-12)15-5-18(10)6-23-8-3-1-2-7(8)4-13(20,21)22/h5,7-8,20-22H,1-4,6H2,(H3,14,16,17,19). The number of aromatic nitrogens is 4. The minimum Gasteiger partial charge on any atom is -0.369 e. The van der Waals surface area contributed by atoms with Crippen LogP contribution in [0.2, 0.25) is 0 Å². The summed E-state index contributed by atoms with van der Waals surface area (Å²) in [6, 6.07) is 0. The van der Waals surface area contributed by atoms with E-state index in [0.29, 0.717) is 5.65 Å². The van der Waals surface area contributed by atoms with Crippen LogP contribution in [0.4, 0.5) is 5.95 Å². The van der Waals surface area contributed by atoms with Crippen molar-refractivity contribution in [2.45, 2.75) is 44.5 Å². The highest BCUT2D eigenvalue weighted by Crippen LogP contribution is 2.33. The van der Waals surface area contributed by atoms with Gasteiger partial charge in [-0.3, -0.25) is 14.3 Å². The van der Waals surface area contributed by atoms with Gasteiger partial charge in [0.1, 0.15) is 6.73 Å². The van der Waals surface area contributed by atoms with Crippen LogP contribution in [0, 0.1) is 5.92 Å². The van der Waals surface area contributed by atoms with Crippen LogP contribution < -0.4 is 11.3 Å². The number of rotatable bonds is 5. The zero-order chi connectivity index (χ0) is 16.6. The molecule has 2 heterocycles. The Balaban J connectivity index is 1.72. The largest absolute Gasteiger partial charge is 0.369 e. The fourth-order valence-corrected chi connectivity index (χ4v) is 3.05. The first-order valence-corrected chi connectivity index (χ1v) is 7.33. The maximum atomic E-state index is 11.7. The normalized spacial score (nSPS) is 22.0. The van der Waals surface area contributed by atoms with E-state index in [0.717, 1.165) is 19.3 Å². The summed E-state index contributed by atoms with van der Waals surface area (Å²) in [5.74, 6) is -2.86. The minimum atomic E-state index is -2.69. The number of hydrogen-bond acceptors (Lipinski definition) is 8. The van der Waals surface area contributed by atoms with Crippen molar-refractivity contribution >= 4 is 17.1 Å². The van der Waals surface area contributed by atoms with Gasteiger partial charge < -0.3 is 25.8 Å². The molecule has 2 atom stereocenters. The Bertz CT molecular complexity index is 749. The number of hydrogen-bond donors (Lipinski definition) is 5. The van der Waals surface area contributed by atoms with Crippen molar-refractivity contribution in [3.05, 3.63) is 16.7 Å². The van der Waals surface area contributed by atoms with Gasteiger partial charge in [0.2, 0.25) is 5.95 Å². The summed E-state index contributed by atoms with van der Waals surface area (Å²) in [7, 11) is 0. The summed E-state index contributed by atoms with van der Waals surface area (Å²) in [4.78, 5) is 22.1. The molecule has 2 aromatic rings. The number of nitrogen functional groups attached to an aromatic ring is 1. The molecule has 0 amide bonds. The number of aromatic amines is 1. The van der Waals surface area contributed by atoms with E-state index in [1.165, 1.54) is 6.33 Å². The third kappa shape index (κ3) is 3.50. The maximum Gasteiger partial charge on any atom is 0.280 e. The Labute approximate surface area is 130 Å². The highest BCUT2D eigenvalue weighted by Gasteiger charge is 2.34. The predicted molar refractivity (Wildman–Crippen MR) is 78.8 cm³/mol. The first-order valence-electron chi connectivity index (χ1n) is 7.33. The van der Waals surface area contributed by atoms with Gasteiger partial charge >= 0.3 is 0 Å². The number of fused-ring (bicyclic) bond motifs is 1. The molecule has 1 fully saturated rings. The van der Waals surface area contributed by atoms with Crippen LogP contribution >= 0.6 is 0 Å². The van der Waals surface area contributed by atoms with Crippen LogP contribution in [0.5, 0.6) is 0 Å². The average Bonchev–Trinajstić information content (AvgIpc) is 3.01. The van der Waals surface area contributed by atoms with Crippen molar-refractivity contribution in [1.82, 2.24) is 19.5 Å². The number of imidazole rings is 1. The molecule has 23 heavy (non-hydrogen) atoms. The number of nitrogens with two attached hydrogens (primary N) is 1. The van der Waals surface area contributed by atoms with Crippen molar-refractivity contribution < 1.29 is 20.1 Å². The molecule has 0 aliphatic heterocycles. The van der Waals surface area contributed by atoms with E-state index in [2.05, 4.69) is 15.0 Å². The first kappa shape index (κ1) is 15.9. The third-order valence-corrected chi connectivity index (χ3v) is 4.05. The fraction of sp³-hybridized carbons (Fsp3) is 0.615. The van der Waals surface area contributed by atoms with E-state index >= 15 is 0 Å². The van der Waals surface area contributed by atoms with Crippen LogP contribution in [-0.2, 0) is 11.5 Å². The predicted octanol–water partition coefficient (Wildman–Crippen LogP) is -1.13. The molecule has 3 rings (SSSR count). The second-order valence-electron chi connectivity index (χ2n) is 5.84. The van der Waals surface area contributed by atoms with Gasteiger partial charge in [-0.15, -0.1) is 0 Å². The number of ether oxygens (including phenoxy) is 1. The number of anilines is 1. The molecular weight excluding hydrogens is 306 g/mol. The van der Waals surface area contributed by atoms with Gasteiger partial charge in [0, 0.05) is 6.42 Å². The molecule has 126 valence electrons. The molecule has 6 N–H and O–H groups in total. The third-order valence-electron chi connectivity index (χ3n) is 4.05. The molecule has 0 saturated heterocycles. The summed E-state index contributed by atoms with van der Waals surface area (Å²) in [6.45, 7) is 0.100. The summed E-state index contributed by atoms with van der Waals surface area (Å²) >= 11 is 0. The topological polar surface area (TPSA) is 160 Å². The smallest absolute Gasteiger partial charge is 0.280 e. The molecule has 10 nitrogen and oxygen atoms in total. The van der Waals surface area contributed by atoms with Gasteiger partial charge in [-0.05, 0) is 18.8 Å². The summed E-state index contributed by atoms with van der Waals surface area (Å²) < 4.78 is 7.35. The first-order chi connectivity index (χ1) is 10.8. The lowest BCUT2D eigenvalue weighted by Gasteiger charge is -2.24. The van der Waals surface area contributed by atoms with Crippen molar-refractivity contribution in [2.24, 2.45) is 5.92 Å². The summed E-state index contributed by atoms with van der Waals surface area (Å²) in [6.07, 6.45) is 3.41. The fourth-order valence-electron chi connectivity index (χ4n) is 3.05. The van der Waals surface area contributed by atoms with Crippen LogP contribution in [0.3, 0.4) is 0 Å². The molecule has 1 aliphatic rings. The molecule has 1 saturated carbocycles. The average molecular weight is 325 g/mol. The molecule has 0 bridgehead atoms. The molecule has 10 heteroatoms. The molecule has 2 unspecified atom stereocenters. The molecule has 0 radical (unpaired) electrons. The molecule has 1 aliphatic carbocycles. The zero-order valence-electron chi connectivity index (χ0n) is 12.3. The Hall–Kier alpha value is -2.01. The number of aliphatic hydroxyl groups is 3. The van der Waals surface area contributed by atoms with Crippen molar-refractivity contribution in [3.8, 4) is 0 Å². The number of nitrogens with zero attached hydrogens (tertiary/aromatic N) is 3. The highest BCUT2D eigenvalue weighted by atomic mass is 16.7. The lowest BCUT2D eigenvalue weighted by Crippen LogP contribution is -2.33. The van der Waals surface area contributed by atoms with Crippen molar-refractivity contribution in [3.63, 3.8) is 0 Å². The Morgan fingerprint density at radius 2 is 2.22 bits per heavy atom. The van der Waals surface area contributed by atoms with E-state index in [9.17, 15) is 4.79 Å². The van der Waals surface area contributed by atoms with Crippen LogP contribution in [0.1, 0.15) is 25.7 Å². The summed E-state index contributed by atoms with van der Waals surface area (Å²) in [5, 5.41) is 27.4. The summed E-state index contributed by atoms with van der Waals surface area (Å²) in [5.41, 5.74) is 5.60. The van der Waals surface area contributed by atoms with E-state index in [4.69, 9.17) is 25.8 Å². The van der Waals surface area contributed by atoms with Gasteiger partial charge in [-0.2, -0.15) is 4.98 Å². The Morgan fingerprint density at radius 1 is 1.43 bits per heavy atom.